The van der Waals surface area contributed by atoms with Gasteiger partial charge in [0.1, 0.15) is 11.6 Å². The van der Waals surface area contributed by atoms with E-state index in [-0.39, 0.29) is 37.5 Å². The number of anilines is 1. The molecular formula is C20H12Cl3N4O8-. The van der Waals surface area contributed by atoms with E-state index in [1.807, 2.05) is 0 Å². The zero-order valence-corrected chi connectivity index (χ0v) is 19.6. The number of benzene rings is 2. The van der Waals surface area contributed by atoms with Gasteiger partial charge >= 0.3 is 5.97 Å². The number of carbonyl (C=O) groups is 4. The average molecular weight is 543 g/mol. The number of rotatable bonds is 6. The zero-order chi connectivity index (χ0) is 26.0. The first-order valence-corrected chi connectivity index (χ1v) is 10.4. The normalized spacial score (nSPS) is 11.5. The molecule has 12 nitrogen and oxygen atoms in total. The molecule has 0 saturated carbocycles. The van der Waals surface area contributed by atoms with Crippen LogP contribution in [0.5, 0.6) is 5.88 Å². The standard InChI is InChI=1S/C20H12Cl3N4O8/c1-35-20(32)17(29)14(16(28)19(31)25-12-6-9(22)8(21)5-10(12)23)15-18(30)26-13-4-7(27(33)34)2-3-11(13)24-15/h2-6,14H,1H3,(H3-,24,25,26,28,29,30,31,32,33,34)/q-1. The lowest BCUT2D eigenvalue weighted by Gasteiger charge is -2.17. The Bertz CT molecular complexity index is 1420. The van der Waals surface area contributed by atoms with E-state index in [0.717, 1.165) is 25.3 Å². The molecule has 1 aliphatic carbocycles. The molecule has 3 rings (SSSR count). The van der Waals surface area contributed by atoms with E-state index >= 15 is 0 Å². The van der Waals surface area contributed by atoms with Crippen LogP contribution in [0, 0.1) is 10.4 Å². The first-order valence-electron chi connectivity index (χ1n) is 9.26. The van der Waals surface area contributed by atoms with Crippen molar-refractivity contribution in [1.82, 2.24) is 14.9 Å². The number of H-pyrrole nitrogens is 1. The number of fused-ring (bicyclic) bond motifs is 1. The molecule has 0 aromatic heterocycles. The first-order chi connectivity index (χ1) is 16.4. The second kappa shape index (κ2) is 10.2. The summed E-state index contributed by atoms with van der Waals surface area (Å²) >= 11 is 17.7. The molecular weight excluding hydrogens is 531 g/mol. The van der Waals surface area contributed by atoms with E-state index < -0.39 is 45.8 Å². The Morgan fingerprint density at radius 2 is 1.71 bits per heavy atom. The molecule has 1 aromatic rings. The van der Waals surface area contributed by atoms with Gasteiger partial charge in [0.25, 0.3) is 11.7 Å². The number of carbonyl (C=O) groups excluding carboxylic acids is 4. The fourth-order valence-corrected chi connectivity index (χ4v) is 3.52. The lowest BCUT2D eigenvalue weighted by molar-refractivity contribution is -0.154. The van der Waals surface area contributed by atoms with Gasteiger partial charge in [0.2, 0.25) is 17.0 Å². The third-order valence-electron chi connectivity index (χ3n) is 4.59. The van der Waals surface area contributed by atoms with E-state index in [1.54, 1.807) is 0 Å². The summed E-state index contributed by atoms with van der Waals surface area (Å²) in [4.78, 5) is 56.0. The predicted octanol–water partition coefficient (Wildman–Crippen LogP) is 1.98. The lowest BCUT2D eigenvalue weighted by Crippen LogP contribution is -2.37. The minimum Gasteiger partial charge on any atom is -0.612 e. The summed E-state index contributed by atoms with van der Waals surface area (Å²) in [5.41, 5.74) is -0.864. The number of halogens is 3. The Kier molecular flexibility index (Phi) is 7.48. The molecule has 1 aliphatic heterocycles. The van der Waals surface area contributed by atoms with Gasteiger partial charge in [0.05, 0.1) is 39.3 Å². The molecule has 1 atom stereocenters. The molecule has 0 spiro atoms. The predicted molar refractivity (Wildman–Crippen MR) is 124 cm³/mol. The van der Waals surface area contributed by atoms with Crippen LogP contribution >= 0.6 is 34.8 Å². The van der Waals surface area contributed by atoms with Crippen molar-refractivity contribution < 1.29 is 29.0 Å². The summed E-state index contributed by atoms with van der Waals surface area (Å²) in [6.07, 6.45) is 0. The van der Waals surface area contributed by atoms with Gasteiger partial charge in [-0.05, 0) is 18.2 Å². The van der Waals surface area contributed by atoms with Crippen molar-refractivity contribution in [1.29, 1.82) is 0 Å². The Morgan fingerprint density at radius 3 is 2.34 bits per heavy atom. The molecule has 0 radical (unpaired) electrons. The number of aromatic amines is 1. The summed E-state index contributed by atoms with van der Waals surface area (Å²) in [6, 6.07) is 5.66. The number of nitrogens with zero attached hydrogens (tertiary/aromatic N) is 2. The summed E-state index contributed by atoms with van der Waals surface area (Å²) < 4.78 is 4.36. The molecule has 1 heterocycles. The first kappa shape index (κ1) is 25.7. The number of methoxy groups -OCH3 is 1. The molecule has 182 valence electrons. The maximum absolute atomic E-state index is 13.0. The van der Waals surface area contributed by atoms with Crippen molar-refractivity contribution in [3.05, 3.63) is 66.9 Å². The second-order valence-electron chi connectivity index (χ2n) is 6.78. The highest BCUT2D eigenvalue weighted by molar-refractivity contribution is 6.53. The van der Waals surface area contributed by atoms with Crippen LogP contribution in [0.25, 0.3) is 11.4 Å². The minimum absolute atomic E-state index is 0.00136. The number of esters is 1. The number of amides is 1. The van der Waals surface area contributed by atoms with Crippen LogP contribution in [0.2, 0.25) is 15.1 Å². The number of Topliss-reactive ketones (excluding diaryl/α,β-unsaturated/α-hetero) is 2. The van der Waals surface area contributed by atoms with Crippen LogP contribution < -0.4 is 15.6 Å². The fourth-order valence-electron chi connectivity index (χ4n) is 2.93. The number of ketones is 2. The third-order valence-corrected chi connectivity index (χ3v) is 5.63. The molecule has 1 amide bonds. The molecule has 35 heavy (non-hydrogen) atoms. The molecule has 0 bridgehead atoms. The molecule has 1 aromatic carbocycles. The van der Waals surface area contributed by atoms with Crippen molar-refractivity contribution in [2.24, 2.45) is 0 Å². The van der Waals surface area contributed by atoms with E-state index in [1.165, 1.54) is 12.1 Å². The van der Waals surface area contributed by atoms with Gasteiger partial charge in [-0.3, -0.25) is 14.4 Å². The fraction of sp³-hybridized carbons (Fsp3) is 0.100. The molecule has 1 unspecified atom stereocenters. The van der Waals surface area contributed by atoms with Gasteiger partial charge in [-0.1, -0.05) is 34.8 Å². The Labute approximate surface area is 210 Å². The highest BCUT2D eigenvalue weighted by Gasteiger charge is 2.41. The van der Waals surface area contributed by atoms with Crippen molar-refractivity contribution in [2.75, 3.05) is 12.4 Å². The van der Waals surface area contributed by atoms with Crippen molar-refractivity contribution in [3.8, 4) is 17.3 Å². The zero-order valence-electron chi connectivity index (χ0n) is 17.3. The molecule has 15 heteroatoms. The van der Waals surface area contributed by atoms with Gasteiger partial charge in [-0.15, -0.1) is 0 Å². The van der Waals surface area contributed by atoms with Crippen LogP contribution in [0.15, 0.2) is 30.3 Å². The smallest absolute Gasteiger partial charge is 0.375 e. The van der Waals surface area contributed by atoms with Crippen LogP contribution in [0.1, 0.15) is 11.6 Å². The highest BCUT2D eigenvalue weighted by atomic mass is 35.5. The number of ether oxygens (including phenoxy) is 1. The lowest BCUT2D eigenvalue weighted by atomic mass is 9.93. The van der Waals surface area contributed by atoms with E-state index in [4.69, 9.17) is 34.8 Å². The van der Waals surface area contributed by atoms with Crippen LogP contribution in [0.4, 0.5) is 5.69 Å². The van der Waals surface area contributed by atoms with E-state index in [0.29, 0.717) is 0 Å². The molecule has 3 N–H and O–H groups in total. The van der Waals surface area contributed by atoms with Gasteiger partial charge < -0.3 is 30.6 Å². The Balaban J connectivity index is 2.09. The summed E-state index contributed by atoms with van der Waals surface area (Å²) in [5, 5.41) is 34.2. The maximum Gasteiger partial charge on any atom is 0.375 e. The molecule has 2 aliphatic rings. The topological polar surface area (TPSA) is 188 Å². The largest absolute Gasteiger partial charge is 0.612 e. The third kappa shape index (κ3) is 5.29. The summed E-state index contributed by atoms with van der Waals surface area (Å²) in [7, 11) is 0.871. The maximum atomic E-state index is 13.0. The number of aromatic hydroxyl groups is 1. The molecule has 0 saturated heterocycles. The number of aromatic nitrogens is 2. The summed E-state index contributed by atoms with van der Waals surface area (Å²) in [6.45, 7) is 0. The number of hydrogen-bond donors (Lipinski definition) is 3. The quantitative estimate of drug-likeness (QED) is 0.137. The van der Waals surface area contributed by atoms with E-state index in [9.17, 15) is 34.7 Å². The van der Waals surface area contributed by atoms with Gasteiger partial charge in [0, 0.05) is 12.1 Å². The molecule has 0 fully saturated rings. The van der Waals surface area contributed by atoms with Crippen LogP contribution in [-0.2, 0) is 23.9 Å². The van der Waals surface area contributed by atoms with Crippen LogP contribution in [0.3, 0.4) is 0 Å². The Hall–Kier alpha value is -3.87. The SMILES string of the molecule is COC(=O)C(=O)C(C(=O)C(=O)Nc1cc(Cl)c(Cl)cc1Cl)c1nc2ccc(=[N+]([O-])[O-])cc-2[nH]c1O. The summed E-state index contributed by atoms with van der Waals surface area (Å²) in [5.74, 6) is -9.04. The van der Waals surface area contributed by atoms with Gasteiger partial charge in [0.15, 0.2) is 0 Å². The Morgan fingerprint density at radius 1 is 1.06 bits per heavy atom. The van der Waals surface area contributed by atoms with E-state index in [2.05, 4.69) is 20.0 Å². The van der Waals surface area contributed by atoms with Gasteiger partial charge in [-0.2, -0.15) is 4.90 Å². The van der Waals surface area contributed by atoms with Crippen molar-refractivity contribution in [2.45, 2.75) is 5.92 Å². The van der Waals surface area contributed by atoms with Crippen molar-refractivity contribution in [3.63, 3.8) is 0 Å². The monoisotopic (exact) mass is 541 g/mol. The van der Waals surface area contributed by atoms with Gasteiger partial charge in [-0.25, -0.2) is 9.78 Å². The van der Waals surface area contributed by atoms with Crippen LogP contribution in [-0.4, -0.2) is 45.6 Å². The highest BCUT2D eigenvalue weighted by Crippen LogP contribution is 2.33. The van der Waals surface area contributed by atoms with Crippen molar-refractivity contribution >= 4 is 63.9 Å². The minimum atomic E-state index is -2.24. The second-order valence-corrected chi connectivity index (χ2v) is 8.00. The number of hydrogen-bond acceptors (Lipinski definition) is 9. The number of nitrogens with one attached hydrogen (secondary N) is 2. The average Bonchev–Trinajstić information content (AvgIpc) is 2.81.